The van der Waals surface area contributed by atoms with Crippen molar-refractivity contribution < 1.29 is 44.1 Å². The standard InChI is InChI=1S/C9H8O4S.C3H8NO5P/c10-8(11)5-14-7-4-2-1-3-6(7)9(12)13;4-2(3(5)6)1-10(7,8)9/h1-4H,5H2,(H,10,11)(H,12,13);2H,1,4H2,(H,5,6)(H2,7,8,9). The number of hydrogen-bond acceptors (Lipinski definition) is 6. The molecule has 0 radical (unpaired) electrons. The maximum Gasteiger partial charge on any atom is 0.336 e. The Morgan fingerprint density at radius 1 is 1.12 bits per heavy atom. The van der Waals surface area contributed by atoms with Gasteiger partial charge in [-0.2, -0.15) is 0 Å². The van der Waals surface area contributed by atoms with Gasteiger partial charge in [-0.3, -0.25) is 14.2 Å². The fraction of sp³-hybridized carbons (Fsp3) is 0.250. The molecule has 24 heavy (non-hydrogen) atoms. The van der Waals surface area contributed by atoms with Crippen LogP contribution in [0.1, 0.15) is 10.4 Å². The Balaban J connectivity index is 0.000000470. The number of rotatable bonds is 7. The molecular formula is C12H16NO9PS. The number of aromatic carboxylic acids is 1. The molecule has 0 aliphatic heterocycles. The summed E-state index contributed by atoms with van der Waals surface area (Å²) >= 11 is 1.00. The summed E-state index contributed by atoms with van der Waals surface area (Å²) in [6.45, 7) is 0. The van der Waals surface area contributed by atoms with Crippen molar-refractivity contribution in [2.75, 3.05) is 11.9 Å². The molecule has 7 N–H and O–H groups in total. The monoisotopic (exact) mass is 381 g/mol. The van der Waals surface area contributed by atoms with Crippen LogP contribution in [0.2, 0.25) is 0 Å². The second-order valence-corrected chi connectivity index (χ2v) is 6.99. The van der Waals surface area contributed by atoms with Gasteiger partial charge >= 0.3 is 25.5 Å². The van der Waals surface area contributed by atoms with Crippen molar-refractivity contribution in [3.8, 4) is 0 Å². The number of thioether (sulfide) groups is 1. The largest absolute Gasteiger partial charge is 0.481 e. The van der Waals surface area contributed by atoms with E-state index in [1.54, 1.807) is 18.2 Å². The third-order valence-corrected chi connectivity index (χ3v) is 4.15. The van der Waals surface area contributed by atoms with Gasteiger partial charge in [-0.1, -0.05) is 12.1 Å². The van der Waals surface area contributed by atoms with Crippen LogP contribution in [0.25, 0.3) is 0 Å². The molecule has 0 aliphatic carbocycles. The SMILES string of the molecule is NC(CP(=O)(O)O)C(=O)O.O=C(O)CSc1ccccc1C(=O)O. The minimum atomic E-state index is -4.28. The molecule has 0 aromatic heterocycles. The van der Waals surface area contributed by atoms with Gasteiger partial charge in [-0.15, -0.1) is 11.8 Å². The molecule has 1 atom stereocenters. The van der Waals surface area contributed by atoms with E-state index < -0.39 is 37.7 Å². The van der Waals surface area contributed by atoms with Crippen molar-refractivity contribution >= 4 is 37.3 Å². The van der Waals surface area contributed by atoms with Gasteiger partial charge in [0, 0.05) is 4.90 Å². The molecule has 0 bridgehead atoms. The van der Waals surface area contributed by atoms with Gasteiger partial charge in [0.15, 0.2) is 0 Å². The summed E-state index contributed by atoms with van der Waals surface area (Å²) in [6.07, 6.45) is -0.817. The molecule has 1 aromatic carbocycles. The van der Waals surface area contributed by atoms with E-state index in [2.05, 4.69) is 0 Å². The quantitative estimate of drug-likeness (QED) is 0.277. The summed E-state index contributed by atoms with van der Waals surface area (Å²) in [5.41, 5.74) is 4.95. The number of carboxylic acid groups (broad SMARTS) is 3. The van der Waals surface area contributed by atoms with Crippen LogP contribution in [0.4, 0.5) is 0 Å². The fourth-order valence-electron chi connectivity index (χ4n) is 1.24. The number of nitrogens with two attached hydrogens (primary N) is 1. The molecule has 0 heterocycles. The summed E-state index contributed by atoms with van der Waals surface area (Å²) in [6, 6.07) is 4.84. The number of aliphatic carboxylic acids is 2. The molecule has 1 rings (SSSR count). The third kappa shape index (κ3) is 9.98. The molecule has 0 fully saturated rings. The zero-order valence-electron chi connectivity index (χ0n) is 12.1. The van der Waals surface area contributed by atoms with Crippen molar-refractivity contribution in [3.05, 3.63) is 29.8 Å². The van der Waals surface area contributed by atoms with Gasteiger partial charge in [-0.05, 0) is 12.1 Å². The third-order valence-electron chi connectivity index (χ3n) is 2.22. The van der Waals surface area contributed by atoms with Crippen LogP contribution < -0.4 is 5.73 Å². The molecular weight excluding hydrogens is 365 g/mol. The minimum Gasteiger partial charge on any atom is -0.481 e. The van der Waals surface area contributed by atoms with E-state index in [0.29, 0.717) is 4.90 Å². The van der Waals surface area contributed by atoms with Gasteiger partial charge in [0.2, 0.25) is 0 Å². The summed E-state index contributed by atoms with van der Waals surface area (Å²) in [5.74, 6) is -3.55. The second-order valence-electron chi connectivity index (χ2n) is 4.28. The van der Waals surface area contributed by atoms with Crippen molar-refractivity contribution in [1.29, 1.82) is 0 Å². The zero-order valence-corrected chi connectivity index (χ0v) is 13.8. The molecule has 0 saturated heterocycles. The summed E-state index contributed by atoms with van der Waals surface area (Å²) in [7, 11) is -4.28. The number of carboxylic acids is 3. The van der Waals surface area contributed by atoms with Gasteiger partial charge < -0.3 is 30.8 Å². The topological polar surface area (TPSA) is 195 Å². The van der Waals surface area contributed by atoms with Crippen LogP contribution in [0.5, 0.6) is 0 Å². The van der Waals surface area contributed by atoms with Gasteiger partial charge in [0.1, 0.15) is 6.04 Å². The first-order valence-electron chi connectivity index (χ1n) is 6.14. The average Bonchev–Trinajstić information content (AvgIpc) is 2.44. The summed E-state index contributed by atoms with van der Waals surface area (Å²) in [4.78, 5) is 47.8. The average molecular weight is 381 g/mol. The Labute approximate surface area is 140 Å². The van der Waals surface area contributed by atoms with E-state index in [4.69, 9.17) is 30.8 Å². The van der Waals surface area contributed by atoms with E-state index in [1.807, 2.05) is 0 Å². The predicted octanol–water partition coefficient (Wildman–Crippen LogP) is 0.137. The van der Waals surface area contributed by atoms with Crippen molar-refractivity contribution in [2.45, 2.75) is 10.9 Å². The Bertz CT molecular complexity index is 645. The van der Waals surface area contributed by atoms with E-state index in [-0.39, 0.29) is 11.3 Å². The van der Waals surface area contributed by atoms with E-state index >= 15 is 0 Å². The van der Waals surface area contributed by atoms with Crippen LogP contribution in [0, 0.1) is 0 Å². The van der Waals surface area contributed by atoms with Crippen molar-refractivity contribution in [3.63, 3.8) is 0 Å². The minimum absolute atomic E-state index is 0.135. The highest BCUT2D eigenvalue weighted by Gasteiger charge is 2.23. The Hall–Kier alpha value is -1.91. The maximum absolute atomic E-state index is 10.7. The number of benzene rings is 1. The van der Waals surface area contributed by atoms with Crippen LogP contribution in [0.3, 0.4) is 0 Å². The fourth-order valence-corrected chi connectivity index (χ4v) is 2.68. The van der Waals surface area contributed by atoms with Crippen LogP contribution in [0.15, 0.2) is 29.2 Å². The van der Waals surface area contributed by atoms with Crippen LogP contribution >= 0.6 is 19.4 Å². The van der Waals surface area contributed by atoms with E-state index in [1.165, 1.54) is 6.07 Å². The first kappa shape index (κ1) is 22.1. The predicted molar refractivity (Wildman–Crippen MR) is 84.3 cm³/mol. The Morgan fingerprint density at radius 2 is 1.67 bits per heavy atom. The highest BCUT2D eigenvalue weighted by molar-refractivity contribution is 8.00. The molecule has 0 aliphatic rings. The van der Waals surface area contributed by atoms with Crippen molar-refractivity contribution in [1.82, 2.24) is 0 Å². The Kier molecular flexibility index (Phi) is 9.26. The van der Waals surface area contributed by atoms with Gasteiger partial charge in [0.25, 0.3) is 0 Å². The molecule has 1 aromatic rings. The van der Waals surface area contributed by atoms with E-state index in [0.717, 1.165) is 11.8 Å². The maximum atomic E-state index is 10.7. The second kappa shape index (κ2) is 10.1. The lowest BCUT2D eigenvalue weighted by molar-refractivity contribution is -0.138. The lowest BCUT2D eigenvalue weighted by Gasteiger charge is -2.06. The summed E-state index contributed by atoms with van der Waals surface area (Å²) in [5, 5.41) is 25.3. The number of carbonyl (C=O) groups is 3. The molecule has 1 unspecified atom stereocenters. The van der Waals surface area contributed by atoms with Gasteiger partial charge in [0.05, 0.1) is 17.5 Å². The Morgan fingerprint density at radius 3 is 2.04 bits per heavy atom. The molecule has 0 spiro atoms. The molecule has 0 saturated carbocycles. The molecule has 10 nitrogen and oxygen atoms in total. The normalized spacial score (nSPS) is 11.8. The van der Waals surface area contributed by atoms with Crippen molar-refractivity contribution in [2.24, 2.45) is 5.73 Å². The van der Waals surface area contributed by atoms with Gasteiger partial charge in [-0.25, -0.2) is 4.79 Å². The highest BCUT2D eigenvalue weighted by Crippen LogP contribution is 2.34. The molecule has 134 valence electrons. The molecule has 12 heteroatoms. The lowest BCUT2D eigenvalue weighted by atomic mass is 10.2. The molecule has 0 amide bonds. The lowest BCUT2D eigenvalue weighted by Crippen LogP contribution is -2.33. The zero-order chi connectivity index (χ0) is 18.9. The highest BCUT2D eigenvalue weighted by atomic mass is 32.2. The summed E-state index contributed by atoms with van der Waals surface area (Å²) < 4.78 is 10.1. The first-order valence-corrected chi connectivity index (χ1v) is 8.92. The van der Waals surface area contributed by atoms with Crippen LogP contribution in [-0.2, 0) is 14.2 Å². The first-order chi connectivity index (χ1) is 10.9. The van der Waals surface area contributed by atoms with Crippen LogP contribution in [-0.4, -0.2) is 61.0 Å². The smallest absolute Gasteiger partial charge is 0.336 e. The number of hydrogen-bond donors (Lipinski definition) is 6. The van der Waals surface area contributed by atoms with E-state index in [9.17, 15) is 18.9 Å².